The third kappa shape index (κ3) is 2.42. The standard InChI is InChI=1S/C17H17N3O3/c1-9-5-7-12(8-6-9)15-18-19-16(23-15)14-10(2)13(17(21)22)11(3)20(14)4/h5-8H,1-4H3,(H,21,22). The molecule has 3 aromatic rings. The molecule has 1 N–H and O–H groups in total. The van der Waals surface area contributed by atoms with Gasteiger partial charge < -0.3 is 14.1 Å². The van der Waals surface area contributed by atoms with Crippen LogP contribution in [0.25, 0.3) is 23.0 Å². The largest absolute Gasteiger partial charge is 0.478 e. The van der Waals surface area contributed by atoms with Crippen LogP contribution in [0.15, 0.2) is 28.7 Å². The third-order valence-corrected chi connectivity index (χ3v) is 4.07. The van der Waals surface area contributed by atoms with Crippen molar-refractivity contribution in [2.45, 2.75) is 20.8 Å². The Bertz CT molecular complexity index is 889. The first-order valence-corrected chi connectivity index (χ1v) is 7.20. The summed E-state index contributed by atoms with van der Waals surface area (Å²) in [6.07, 6.45) is 0. The van der Waals surface area contributed by atoms with Crippen LogP contribution in [0.5, 0.6) is 0 Å². The molecule has 1 aromatic carbocycles. The Hall–Kier alpha value is -2.89. The second kappa shape index (κ2) is 5.39. The van der Waals surface area contributed by atoms with Crippen LogP contribution >= 0.6 is 0 Å². The van der Waals surface area contributed by atoms with Crippen LogP contribution in [0.1, 0.15) is 27.2 Å². The van der Waals surface area contributed by atoms with E-state index in [-0.39, 0.29) is 5.56 Å². The van der Waals surface area contributed by atoms with E-state index in [1.165, 1.54) is 0 Å². The van der Waals surface area contributed by atoms with Crippen LogP contribution in [0.2, 0.25) is 0 Å². The van der Waals surface area contributed by atoms with Crippen molar-refractivity contribution in [1.29, 1.82) is 0 Å². The van der Waals surface area contributed by atoms with Gasteiger partial charge >= 0.3 is 5.97 Å². The first kappa shape index (κ1) is 15.0. The van der Waals surface area contributed by atoms with Crippen LogP contribution < -0.4 is 0 Å². The van der Waals surface area contributed by atoms with Crippen LogP contribution in [-0.4, -0.2) is 25.8 Å². The van der Waals surface area contributed by atoms with Crippen LogP contribution in [-0.2, 0) is 7.05 Å². The summed E-state index contributed by atoms with van der Waals surface area (Å²) in [6, 6.07) is 7.77. The molecule has 0 spiro atoms. The smallest absolute Gasteiger partial charge is 0.337 e. The van der Waals surface area contributed by atoms with Crippen molar-refractivity contribution < 1.29 is 14.3 Å². The van der Waals surface area contributed by atoms with E-state index in [4.69, 9.17) is 4.42 Å². The van der Waals surface area contributed by atoms with Crippen molar-refractivity contribution >= 4 is 5.97 Å². The molecule has 0 saturated carbocycles. The number of nitrogens with zero attached hydrogens (tertiary/aromatic N) is 3. The second-order valence-corrected chi connectivity index (χ2v) is 5.58. The summed E-state index contributed by atoms with van der Waals surface area (Å²) in [4.78, 5) is 11.4. The average molecular weight is 311 g/mol. The molecule has 118 valence electrons. The van der Waals surface area contributed by atoms with Gasteiger partial charge in [0.05, 0.1) is 5.56 Å². The maximum atomic E-state index is 11.4. The number of rotatable bonds is 3. The first-order chi connectivity index (χ1) is 10.9. The van der Waals surface area contributed by atoms with Gasteiger partial charge in [0.25, 0.3) is 5.89 Å². The van der Waals surface area contributed by atoms with Crippen LogP contribution in [0.3, 0.4) is 0 Å². The van der Waals surface area contributed by atoms with Crippen LogP contribution in [0, 0.1) is 20.8 Å². The summed E-state index contributed by atoms with van der Waals surface area (Å²) < 4.78 is 7.54. The lowest BCUT2D eigenvalue weighted by atomic mass is 10.1. The number of carbonyl (C=O) groups is 1. The molecule has 0 fully saturated rings. The van der Waals surface area contributed by atoms with Gasteiger partial charge in [-0.3, -0.25) is 0 Å². The molecule has 2 aromatic heterocycles. The van der Waals surface area contributed by atoms with E-state index in [9.17, 15) is 9.90 Å². The summed E-state index contributed by atoms with van der Waals surface area (Å²) in [5.41, 5.74) is 4.16. The second-order valence-electron chi connectivity index (χ2n) is 5.58. The Morgan fingerprint density at radius 1 is 1.09 bits per heavy atom. The number of carboxylic acid groups (broad SMARTS) is 1. The lowest BCUT2D eigenvalue weighted by molar-refractivity contribution is 0.0695. The Balaban J connectivity index is 2.09. The molecule has 0 aliphatic rings. The van der Waals surface area contributed by atoms with Gasteiger partial charge in [0, 0.05) is 18.3 Å². The lowest BCUT2D eigenvalue weighted by Crippen LogP contribution is -2.00. The van der Waals surface area contributed by atoms with E-state index in [1.807, 2.05) is 31.2 Å². The predicted octanol–water partition coefficient (Wildman–Crippen LogP) is 3.37. The van der Waals surface area contributed by atoms with Crippen molar-refractivity contribution in [3.8, 4) is 23.0 Å². The highest BCUT2D eigenvalue weighted by Gasteiger charge is 2.24. The van der Waals surface area contributed by atoms with Gasteiger partial charge in [-0.05, 0) is 38.5 Å². The fourth-order valence-corrected chi connectivity index (χ4v) is 2.73. The Kier molecular flexibility index (Phi) is 3.52. The van der Waals surface area contributed by atoms with Gasteiger partial charge in [-0.15, -0.1) is 10.2 Å². The highest BCUT2D eigenvalue weighted by molar-refractivity contribution is 5.93. The molecular formula is C17H17N3O3. The molecular weight excluding hydrogens is 294 g/mol. The number of benzene rings is 1. The Morgan fingerprint density at radius 2 is 1.70 bits per heavy atom. The Labute approximate surface area is 133 Å². The van der Waals surface area contributed by atoms with Gasteiger partial charge in [-0.2, -0.15) is 0 Å². The molecule has 0 amide bonds. The molecule has 2 heterocycles. The number of aryl methyl sites for hydroxylation is 1. The SMILES string of the molecule is Cc1ccc(-c2nnc(-c3c(C)c(C(=O)O)c(C)n3C)o2)cc1. The summed E-state index contributed by atoms with van der Waals surface area (Å²) in [7, 11) is 1.79. The molecule has 0 unspecified atom stereocenters. The van der Waals surface area contributed by atoms with E-state index in [0.717, 1.165) is 11.1 Å². The molecule has 0 bridgehead atoms. The predicted molar refractivity (Wildman–Crippen MR) is 85.3 cm³/mol. The van der Waals surface area contributed by atoms with E-state index < -0.39 is 5.97 Å². The number of hydrogen-bond donors (Lipinski definition) is 1. The Morgan fingerprint density at radius 3 is 2.26 bits per heavy atom. The van der Waals surface area contributed by atoms with Crippen LogP contribution in [0.4, 0.5) is 0 Å². The maximum Gasteiger partial charge on any atom is 0.337 e. The fourth-order valence-electron chi connectivity index (χ4n) is 2.73. The van der Waals surface area contributed by atoms with Gasteiger partial charge in [0.1, 0.15) is 5.69 Å². The summed E-state index contributed by atoms with van der Waals surface area (Å²) in [6.45, 7) is 5.52. The van der Waals surface area contributed by atoms with Gasteiger partial charge in [-0.25, -0.2) is 4.79 Å². The van der Waals surface area contributed by atoms with Crippen molar-refractivity contribution in [2.75, 3.05) is 0 Å². The molecule has 0 aliphatic carbocycles. The number of hydrogen-bond acceptors (Lipinski definition) is 4. The molecule has 0 radical (unpaired) electrons. The minimum Gasteiger partial charge on any atom is -0.478 e. The zero-order chi connectivity index (χ0) is 16.7. The van der Waals surface area contributed by atoms with Gasteiger partial charge in [0.2, 0.25) is 5.89 Å². The maximum absolute atomic E-state index is 11.4. The van der Waals surface area contributed by atoms with Gasteiger partial charge in [0.15, 0.2) is 0 Å². The fraction of sp³-hybridized carbons (Fsp3) is 0.235. The minimum atomic E-state index is -0.958. The molecule has 0 atom stereocenters. The zero-order valence-electron chi connectivity index (χ0n) is 13.4. The highest BCUT2D eigenvalue weighted by Crippen LogP contribution is 2.31. The summed E-state index contributed by atoms with van der Waals surface area (Å²) in [5.74, 6) is -0.230. The van der Waals surface area contributed by atoms with Crippen molar-refractivity contribution in [3.05, 3.63) is 46.6 Å². The van der Waals surface area contributed by atoms with E-state index in [2.05, 4.69) is 10.2 Å². The van der Waals surface area contributed by atoms with E-state index >= 15 is 0 Å². The quantitative estimate of drug-likeness (QED) is 0.802. The van der Waals surface area contributed by atoms with E-state index in [0.29, 0.717) is 28.7 Å². The minimum absolute atomic E-state index is 0.276. The monoisotopic (exact) mass is 311 g/mol. The normalized spacial score (nSPS) is 11.0. The molecule has 6 nitrogen and oxygen atoms in total. The molecule has 3 rings (SSSR count). The van der Waals surface area contributed by atoms with Gasteiger partial charge in [-0.1, -0.05) is 17.7 Å². The number of aromatic nitrogens is 3. The summed E-state index contributed by atoms with van der Waals surface area (Å²) >= 11 is 0. The third-order valence-electron chi connectivity index (χ3n) is 4.07. The zero-order valence-corrected chi connectivity index (χ0v) is 13.4. The summed E-state index contributed by atoms with van der Waals surface area (Å²) in [5, 5.41) is 17.5. The van der Waals surface area contributed by atoms with E-state index in [1.54, 1.807) is 25.5 Å². The number of carboxylic acids is 1. The molecule has 6 heteroatoms. The highest BCUT2D eigenvalue weighted by atomic mass is 16.4. The van der Waals surface area contributed by atoms with Crippen molar-refractivity contribution in [1.82, 2.24) is 14.8 Å². The lowest BCUT2D eigenvalue weighted by Gasteiger charge is -2.01. The van der Waals surface area contributed by atoms with Crippen molar-refractivity contribution in [3.63, 3.8) is 0 Å². The average Bonchev–Trinajstić information content (AvgIpc) is 3.04. The van der Waals surface area contributed by atoms with Crippen molar-refractivity contribution in [2.24, 2.45) is 7.05 Å². The first-order valence-electron chi connectivity index (χ1n) is 7.20. The molecule has 0 saturated heterocycles. The molecule has 23 heavy (non-hydrogen) atoms. The topological polar surface area (TPSA) is 81.1 Å². The molecule has 0 aliphatic heterocycles. The number of aromatic carboxylic acids is 1.